The van der Waals surface area contributed by atoms with Crippen LogP contribution in [0.3, 0.4) is 0 Å². The molecular weight excluding hydrogens is 420 g/mol. The number of nitrogens with one attached hydrogen (secondary N) is 1. The van der Waals surface area contributed by atoms with Gasteiger partial charge in [0.05, 0.1) is 26.7 Å². The summed E-state index contributed by atoms with van der Waals surface area (Å²) >= 11 is 0. The molecule has 1 amide bonds. The lowest BCUT2D eigenvalue weighted by Crippen LogP contribution is -2.34. The van der Waals surface area contributed by atoms with Gasteiger partial charge in [-0.15, -0.1) is 0 Å². The van der Waals surface area contributed by atoms with Gasteiger partial charge in [-0.2, -0.15) is 0 Å². The Morgan fingerprint density at radius 2 is 1.72 bits per heavy atom. The third-order valence-electron chi connectivity index (χ3n) is 5.29. The van der Waals surface area contributed by atoms with Crippen molar-refractivity contribution >= 4 is 11.9 Å². The Hall–Kier alpha value is -3.42. The Labute approximate surface area is 185 Å². The van der Waals surface area contributed by atoms with Crippen LogP contribution in [0.2, 0.25) is 0 Å². The van der Waals surface area contributed by atoms with Crippen LogP contribution in [0.5, 0.6) is 11.5 Å². The summed E-state index contributed by atoms with van der Waals surface area (Å²) in [6, 6.07) is 7.47. The van der Waals surface area contributed by atoms with Crippen molar-refractivity contribution in [3.05, 3.63) is 71.3 Å². The summed E-state index contributed by atoms with van der Waals surface area (Å²) in [6.07, 6.45) is 4.03. The zero-order chi connectivity index (χ0) is 23.3. The molecule has 2 aromatic rings. The first-order valence-electron chi connectivity index (χ1n) is 10.2. The second kappa shape index (κ2) is 10.3. The Balaban J connectivity index is 1.78. The van der Waals surface area contributed by atoms with Gasteiger partial charge in [-0.05, 0) is 49.1 Å². The number of ether oxygens (including phenoxy) is 3. The largest absolute Gasteiger partial charge is 0.493 e. The van der Waals surface area contributed by atoms with Crippen LogP contribution in [0.15, 0.2) is 48.6 Å². The molecule has 2 aromatic carbocycles. The van der Waals surface area contributed by atoms with E-state index < -0.39 is 35.5 Å². The fourth-order valence-corrected chi connectivity index (χ4v) is 3.85. The highest BCUT2D eigenvalue weighted by atomic mass is 19.1. The predicted octanol–water partition coefficient (Wildman–Crippen LogP) is 4.00. The normalized spacial score (nSPS) is 18.2. The van der Waals surface area contributed by atoms with Gasteiger partial charge >= 0.3 is 5.97 Å². The Morgan fingerprint density at radius 1 is 1.03 bits per heavy atom. The summed E-state index contributed by atoms with van der Waals surface area (Å²) in [5.41, 5.74) is 0.580. The standard InChI is InChI=1S/C24H25F2NO5/c1-4-32-24(29)22(15-6-8-20(30-2)21(12-15)31-3)14-5-7-19(11-14)27-23(28)16-9-17(25)13-18(26)10-16/h5-10,12-14,19,22H,4,11H2,1-3H3,(H,27,28)/t14-,19+,22+/m1/s1. The van der Waals surface area contributed by atoms with Crippen molar-refractivity contribution in [2.75, 3.05) is 20.8 Å². The smallest absolute Gasteiger partial charge is 0.314 e. The summed E-state index contributed by atoms with van der Waals surface area (Å²) in [5.74, 6) is -2.52. The van der Waals surface area contributed by atoms with Gasteiger partial charge in [0.15, 0.2) is 11.5 Å². The molecule has 0 spiro atoms. The van der Waals surface area contributed by atoms with Crippen molar-refractivity contribution in [1.82, 2.24) is 5.32 Å². The highest BCUT2D eigenvalue weighted by Crippen LogP contribution is 2.38. The van der Waals surface area contributed by atoms with Gasteiger partial charge in [0.2, 0.25) is 0 Å². The molecule has 3 rings (SSSR count). The number of hydrogen-bond donors (Lipinski definition) is 1. The lowest BCUT2D eigenvalue weighted by atomic mass is 9.85. The molecule has 0 heterocycles. The maximum atomic E-state index is 13.4. The van der Waals surface area contributed by atoms with E-state index in [1.165, 1.54) is 14.2 Å². The Bertz CT molecular complexity index is 1000. The lowest BCUT2D eigenvalue weighted by molar-refractivity contribution is -0.146. The monoisotopic (exact) mass is 445 g/mol. The van der Waals surface area contributed by atoms with Gasteiger partial charge in [0, 0.05) is 17.7 Å². The zero-order valence-electron chi connectivity index (χ0n) is 18.1. The number of esters is 1. The number of amides is 1. The maximum Gasteiger partial charge on any atom is 0.314 e. The number of carbonyl (C=O) groups is 2. The van der Waals surface area contributed by atoms with Gasteiger partial charge in [-0.3, -0.25) is 9.59 Å². The molecule has 32 heavy (non-hydrogen) atoms. The SMILES string of the molecule is CCOC(=O)[C@H](c1ccc(OC)c(OC)c1)[C@@H]1C=C[C@H](NC(=O)c2cc(F)cc(F)c2)C1. The van der Waals surface area contributed by atoms with Crippen molar-refractivity contribution < 1.29 is 32.6 Å². The Kier molecular flexibility index (Phi) is 7.45. The first kappa shape index (κ1) is 23.2. The van der Waals surface area contributed by atoms with Gasteiger partial charge in [0.1, 0.15) is 11.6 Å². The molecule has 170 valence electrons. The molecule has 0 radical (unpaired) electrons. The first-order chi connectivity index (χ1) is 15.4. The summed E-state index contributed by atoms with van der Waals surface area (Å²) in [6.45, 7) is 1.96. The molecule has 1 aliphatic carbocycles. The van der Waals surface area contributed by atoms with Crippen LogP contribution in [-0.2, 0) is 9.53 Å². The quantitative estimate of drug-likeness (QED) is 0.491. The molecule has 0 bridgehead atoms. The van der Waals surface area contributed by atoms with Crippen LogP contribution in [-0.4, -0.2) is 38.7 Å². The van der Waals surface area contributed by atoms with Crippen LogP contribution in [0.1, 0.15) is 35.2 Å². The van der Waals surface area contributed by atoms with E-state index in [2.05, 4.69) is 5.32 Å². The van der Waals surface area contributed by atoms with Gasteiger partial charge < -0.3 is 19.5 Å². The molecule has 0 aliphatic heterocycles. The van der Waals surface area contributed by atoms with E-state index in [0.717, 1.165) is 12.1 Å². The minimum absolute atomic E-state index is 0.110. The van der Waals surface area contributed by atoms with E-state index in [-0.39, 0.29) is 18.1 Å². The second-order valence-electron chi connectivity index (χ2n) is 7.37. The molecule has 6 nitrogen and oxygen atoms in total. The molecule has 1 aliphatic rings. The van der Waals surface area contributed by atoms with Gasteiger partial charge in [-0.1, -0.05) is 18.2 Å². The second-order valence-corrected chi connectivity index (χ2v) is 7.37. The zero-order valence-corrected chi connectivity index (χ0v) is 18.1. The van der Waals surface area contributed by atoms with Crippen LogP contribution in [0.4, 0.5) is 8.78 Å². The van der Waals surface area contributed by atoms with E-state index in [1.807, 2.05) is 6.08 Å². The highest BCUT2D eigenvalue weighted by molar-refractivity contribution is 5.94. The maximum absolute atomic E-state index is 13.4. The molecule has 8 heteroatoms. The molecular formula is C24H25F2NO5. The van der Waals surface area contributed by atoms with Crippen molar-refractivity contribution in [3.63, 3.8) is 0 Å². The third kappa shape index (κ3) is 5.25. The highest BCUT2D eigenvalue weighted by Gasteiger charge is 2.35. The van der Waals surface area contributed by atoms with E-state index in [9.17, 15) is 18.4 Å². The molecule has 0 aromatic heterocycles. The van der Waals surface area contributed by atoms with E-state index >= 15 is 0 Å². The number of halogens is 2. The summed E-state index contributed by atoms with van der Waals surface area (Å²) in [4.78, 5) is 25.3. The Morgan fingerprint density at radius 3 is 2.34 bits per heavy atom. The van der Waals surface area contributed by atoms with E-state index in [1.54, 1.807) is 31.2 Å². The molecule has 0 saturated carbocycles. The van der Waals surface area contributed by atoms with Crippen LogP contribution in [0, 0.1) is 17.6 Å². The van der Waals surface area contributed by atoms with Crippen molar-refractivity contribution in [2.45, 2.75) is 25.3 Å². The van der Waals surface area contributed by atoms with Crippen LogP contribution < -0.4 is 14.8 Å². The van der Waals surface area contributed by atoms with Crippen LogP contribution in [0.25, 0.3) is 0 Å². The average molecular weight is 445 g/mol. The molecule has 0 unspecified atom stereocenters. The minimum Gasteiger partial charge on any atom is -0.493 e. The van der Waals surface area contributed by atoms with E-state index in [0.29, 0.717) is 29.5 Å². The number of carbonyl (C=O) groups excluding carboxylic acids is 2. The van der Waals surface area contributed by atoms with Crippen molar-refractivity contribution in [2.24, 2.45) is 5.92 Å². The lowest BCUT2D eigenvalue weighted by Gasteiger charge is -2.23. The number of allylic oxidation sites excluding steroid dienone is 1. The van der Waals surface area contributed by atoms with Crippen molar-refractivity contribution in [3.8, 4) is 11.5 Å². The fourth-order valence-electron chi connectivity index (χ4n) is 3.85. The molecule has 3 atom stereocenters. The fraction of sp³-hybridized carbons (Fsp3) is 0.333. The molecule has 0 fully saturated rings. The van der Waals surface area contributed by atoms with Crippen LogP contribution >= 0.6 is 0 Å². The number of methoxy groups -OCH3 is 2. The average Bonchev–Trinajstić information content (AvgIpc) is 3.21. The van der Waals surface area contributed by atoms with Crippen molar-refractivity contribution in [1.29, 1.82) is 0 Å². The first-order valence-corrected chi connectivity index (χ1v) is 10.2. The summed E-state index contributed by atoms with van der Waals surface area (Å²) in [7, 11) is 3.04. The summed E-state index contributed by atoms with van der Waals surface area (Å²) in [5, 5.41) is 2.74. The van der Waals surface area contributed by atoms with Gasteiger partial charge in [0.25, 0.3) is 5.91 Å². The minimum atomic E-state index is -0.828. The van der Waals surface area contributed by atoms with E-state index in [4.69, 9.17) is 14.2 Å². The molecule has 1 N–H and O–H groups in total. The number of rotatable bonds is 8. The predicted molar refractivity (Wildman–Crippen MR) is 114 cm³/mol. The third-order valence-corrected chi connectivity index (χ3v) is 5.29. The van der Waals surface area contributed by atoms with Gasteiger partial charge in [-0.25, -0.2) is 8.78 Å². The topological polar surface area (TPSA) is 73.9 Å². The number of hydrogen-bond acceptors (Lipinski definition) is 5. The molecule has 0 saturated heterocycles. The number of benzene rings is 2. The summed E-state index contributed by atoms with van der Waals surface area (Å²) < 4.78 is 42.8.